The molecule has 24 heavy (non-hydrogen) atoms. The van der Waals surface area contributed by atoms with Crippen LogP contribution in [-0.2, 0) is 19.6 Å². The molecular formula is C16H16FNO5S. The fraction of sp³-hybridized carbons (Fsp3) is 0.188. The fourth-order valence-electron chi connectivity index (χ4n) is 1.98. The highest BCUT2D eigenvalue weighted by molar-refractivity contribution is 7.92. The van der Waals surface area contributed by atoms with Gasteiger partial charge in [0.25, 0.3) is 10.0 Å². The lowest BCUT2D eigenvalue weighted by molar-refractivity contribution is -0.138. The summed E-state index contributed by atoms with van der Waals surface area (Å²) in [4.78, 5) is 11.6. The first-order chi connectivity index (χ1) is 11.4. The highest BCUT2D eigenvalue weighted by Gasteiger charge is 2.27. The van der Waals surface area contributed by atoms with E-state index in [1.807, 2.05) is 0 Å². The molecule has 0 bridgehead atoms. The first kappa shape index (κ1) is 17.7. The Morgan fingerprint density at radius 2 is 1.62 bits per heavy atom. The van der Waals surface area contributed by atoms with Gasteiger partial charge in [-0.3, -0.25) is 9.10 Å². The molecule has 2 aromatic rings. The van der Waals surface area contributed by atoms with Gasteiger partial charge in [-0.05, 0) is 48.5 Å². The van der Waals surface area contributed by atoms with E-state index in [9.17, 15) is 17.6 Å². The number of rotatable bonds is 6. The van der Waals surface area contributed by atoms with Gasteiger partial charge in [0.1, 0.15) is 18.1 Å². The minimum atomic E-state index is -4.04. The molecule has 0 heterocycles. The molecule has 0 saturated carbocycles. The van der Waals surface area contributed by atoms with Crippen molar-refractivity contribution < 1.29 is 27.1 Å². The number of hydrogen-bond donors (Lipinski definition) is 0. The number of anilines is 1. The van der Waals surface area contributed by atoms with Gasteiger partial charge in [-0.15, -0.1) is 0 Å². The van der Waals surface area contributed by atoms with Crippen LogP contribution in [0.5, 0.6) is 5.75 Å². The maximum Gasteiger partial charge on any atom is 0.326 e. The second-order valence-electron chi connectivity index (χ2n) is 4.74. The van der Waals surface area contributed by atoms with Gasteiger partial charge in [0, 0.05) is 0 Å². The van der Waals surface area contributed by atoms with Gasteiger partial charge in [-0.1, -0.05) is 0 Å². The van der Waals surface area contributed by atoms with Crippen molar-refractivity contribution in [2.45, 2.75) is 4.90 Å². The summed E-state index contributed by atoms with van der Waals surface area (Å²) < 4.78 is 49.2. The molecule has 0 fully saturated rings. The molecule has 0 N–H and O–H groups in total. The Bertz CT molecular complexity index is 803. The summed E-state index contributed by atoms with van der Waals surface area (Å²) in [5.74, 6) is -0.759. The van der Waals surface area contributed by atoms with E-state index in [0.717, 1.165) is 23.5 Å². The number of sulfonamides is 1. The molecule has 0 spiro atoms. The number of methoxy groups -OCH3 is 2. The second kappa shape index (κ2) is 7.31. The topological polar surface area (TPSA) is 72.9 Å². The molecule has 0 aromatic heterocycles. The third-order valence-electron chi connectivity index (χ3n) is 3.26. The lowest BCUT2D eigenvalue weighted by atomic mass is 10.3. The van der Waals surface area contributed by atoms with E-state index in [1.165, 1.54) is 43.5 Å². The van der Waals surface area contributed by atoms with Crippen LogP contribution in [0.4, 0.5) is 10.1 Å². The quantitative estimate of drug-likeness (QED) is 0.745. The van der Waals surface area contributed by atoms with Crippen LogP contribution in [0.1, 0.15) is 0 Å². The average molecular weight is 353 g/mol. The lowest BCUT2D eigenvalue weighted by Gasteiger charge is -2.23. The molecule has 128 valence electrons. The van der Waals surface area contributed by atoms with E-state index in [1.54, 1.807) is 0 Å². The van der Waals surface area contributed by atoms with Crippen LogP contribution in [0.3, 0.4) is 0 Å². The first-order valence-electron chi connectivity index (χ1n) is 6.87. The van der Waals surface area contributed by atoms with E-state index >= 15 is 0 Å². The van der Waals surface area contributed by atoms with E-state index in [-0.39, 0.29) is 10.6 Å². The summed E-state index contributed by atoms with van der Waals surface area (Å²) in [6.45, 7) is -0.531. The third kappa shape index (κ3) is 3.83. The zero-order valence-electron chi connectivity index (χ0n) is 13.1. The van der Waals surface area contributed by atoms with Gasteiger partial charge >= 0.3 is 5.97 Å². The van der Waals surface area contributed by atoms with Gasteiger partial charge < -0.3 is 9.47 Å². The van der Waals surface area contributed by atoms with Crippen LogP contribution >= 0.6 is 0 Å². The molecule has 0 amide bonds. The molecule has 0 aliphatic rings. The van der Waals surface area contributed by atoms with Gasteiger partial charge in [0.2, 0.25) is 0 Å². The zero-order chi connectivity index (χ0) is 17.7. The summed E-state index contributed by atoms with van der Waals surface area (Å²) in [5.41, 5.74) is 0.151. The van der Waals surface area contributed by atoms with Crippen LogP contribution in [0.25, 0.3) is 0 Å². The standard InChI is InChI=1S/C16H16FNO5S/c1-22-14-7-9-15(10-8-14)24(20,21)18(11-16(19)23-2)13-5-3-12(17)4-6-13/h3-10H,11H2,1-2H3. The number of benzene rings is 2. The van der Waals surface area contributed by atoms with Crippen molar-refractivity contribution in [3.63, 3.8) is 0 Å². The Morgan fingerprint density at radius 3 is 2.12 bits per heavy atom. The SMILES string of the molecule is COC(=O)CN(c1ccc(F)cc1)S(=O)(=O)c1ccc(OC)cc1. The Morgan fingerprint density at radius 1 is 1.04 bits per heavy atom. The molecule has 6 nitrogen and oxygen atoms in total. The minimum Gasteiger partial charge on any atom is -0.497 e. The molecule has 2 aromatic carbocycles. The van der Waals surface area contributed by atoms with E-state index in [4.69, 9.17) is 4.74 Å². The molecule has 0 radical (unpaired) electrons. The van der Waals surface area contributed by atoms with E-state index < -0.39 is 28.4 Å². The van der Waals surface area contributed by atoms with Crippen LogP contribution in [0, 0.1) is 5.82 Å². The van der Waals surface area contributed by atoms with Gasteiger partial charge in [-0.2, -0.15) is 0 Å². The summed E-state index contributed by atoms with van der Waals surface area (Å²) in [6.07, 6.45) is 0. The Kier molecular flexibility index (Phi) is 5.40. The minimum absolute atomic E-state index is 0.0310. The molecule has 0 atom stereocenters. The molecule has 0 saturated heterocycles. The second-order valence-corrected chi connectivity index (χ2v) is 6.60. The maximum atomic E-state index is 13.1. The van der Waals surface area contributed by atoms with Gasteiger partial charge in [0.05, 0.1) is 24.8 Å². The Labute approximate surface area is 139 Å². The smallest absolute Gasteiger partial charge is 0.326 e. The average Bonchev–Trinajstić information content (AvgIpc) is 2.60. The van der Waals surface area contributed by atoms with Crippen molar-refractivity contribution in [3.8, 4) is 5.75 Å². The Balaban J connectivity index is 2.47. The van der Waals surface area contributed by atoms with E-state index in [2.05, 4.69) is 4.74 Å². The van der Waals surface area contributed by atoms with Crippen LogP contribution in [-0.4, -0.2) is 35.2 Å². The van der Waals surface area contributed by atoms with Crippen LogP contribution < -0.4 is 9.04 Å². The summed E-state index contributed by atoms with van der Waals surface area (Å²) in [7, 11) is -1.42. The van der Waals surface area contributed by atoms with Crippen LogP contribution in [0.15, 0.2) is 53.4 Å². The lowest BCUT2D eigenvalue weighted by Crippen LogP contribution is -2.36. The zero-order valence-corrected chi connectivity index (χ0v) is 13.9. The Hall–Kier alpha value is -2.61. The number of ether oxygens (including phenoxy) is 2. The van der Waals surface area contributed by atoms with E-state index in [0.29, 0.717) is 5.75 Å². The molecule has 2 rings (SSSR count). The normalized spacial score (nSPS) is 11.0. The highest BCUT2D eigenvalue weighted by atomic mass is 32.2. The largest absolute Gasteiger partial charge is 0.497 e. The molecule has 0 unspecified atom stereocenters. The van der Waals surface area contributed by atoms with Crippen molar-refractivity contribution in [2.75, 3.05) is 25.1 Å². The highest BCUT2D eigenvalue weighted by Crippen LogP contribution is 2.25. The van der Waals surface area contributed by atoms with Crippen molar-refractivity contribution in [1.29, 1.82) is 0 Å². The number of halogens is 1. The van der Waals surface area contributed by atoms with Gasteiger partial charge in [0.15, 0.2) is 0 Å². The third-order valence-corrected chi connectivity index (χ3v) is 5.05. The fourth-order valence-corrected chi connectivity index (χ4v) is 3.39. The maximum absolute atomic E-state index is 13.1. The first-order valence-corrected chi connectivity index (χ1v) is 8.31. The predicted molar refractivity (Wildman–Crippen MR) is 85.9 cm³/mol. The molecule has 0 aliphatic heterocycles. The van der Waals surface area contributed by atoms with Gasteiger partial charge in [-0.25, -0.2) is 12.8 Å². The van der Waals surface area contributed by atoms with Crippen molar-refractivity contribution >= 4 is 21.7 Å². The summed E-state index contributed by atoms with van der Waals surface area (Å²) in [6, 6.07) is 10.5. The van der Waals surface area contributed by atoms with Crippen molar-refractivity contribution in [3.05, 3.63) is 54.3 Å². The number of nitrogens with zero attached hydrogens (tertiary/aromatic N) is 1. The monoisotopic (exact) mass is 353 g/mol. The molecule has 0 aliphatic carbocycles. The summed E-state index contributed by atoms with van der Waals surface area (Å²) >= 11 is 0. The number of hydrogen-bond acceptors (Lipinski definition) is 5. The molecule has 8 heteroatoms. The number of carbonyl (C=O) groups is 1. The number of esters is 1. The predicted octanol–water partition coefficient (Wildman–Crippen LogP) is 2.20. The number of carbonyl (C=O) groups excluding carboxylic acids is 1. The molecular weight excluding hydrogens is 337 g/mol. The van der Waals surface area contributed by atoms with Crippen molar-refractivity contribution in [2.24, 2.45) is 0 Å². The summed E-state index contributed by atoms with van der Waals surface area (Å²) in [5, 5.41) is 0. The van der Waals surface area contributed by atoms with Crippen LogP contribution in [0.2, 0.25) is 0 Å². The van der Waals surface area contributed by atoms with Crippen molar-refractivity contribution in [1.82, 2.24) is 0 Å².